The van der Waals surface area contributed by atoms with Crippen LogP contribution in [0, 0.1) is 5.41 Å². The second kappa shape index (κ2) is 12.8. The minimum atomic E-state index is -3.69. The highest BCUT2D eigenvalue weighted by Crippen LogP contribution is 2.24. The molecule has 0 atom stereocenters. The molecule has 0 unspecified atom stereocenters. The Kier molecular flexibility index (Phi) is 10.4. The van der Waals surface area contributed by atoms with Crippen LogP contribution in [-0.4, -0.2) is 53.8 Å². The lowest BCUT2D eigenvalue weighted by molar-refractivity contribution is -0.143. The van der Waals surface area contributed by atoms with E-state index in [1.165, 1.54) is 4.31 Å². The van der Waals surface area contributed by atoms with Crippen molar-refractivity contribution >= 4 is 45.3 Å². The van der Waals surface area contributed by atoms with E-state index in [1.807, 2.05) is 23.7 Å². The maximum atomic E-state index is 13.3. The third kappa shape index (κ3) is 6.83. The number of aryl methyl sites for hydroxylation is 1. The molecule has 0 fully saturated rings. The van der Waals surface area contributed by atoms with Crippen LogP contribution in [-0.2, 0) is 33.0 Å². The van der Waals surface area contributed by atoms with Crippen LogP contribution in [0.15, 0.2) is 47.4 Å². The maximum Gasteiger partial charge on any atom is 0.305 e. The summed E-state index contributed by atoms with van der Waals surface area (Å²) in [5.41, 5.74) is 8.66. The Morgan fingerprint density at radius 2 is 1.83 bits per heavy atom. The van der Waals surface area contributed by atoms with Gasteiger partial charge in [-0.05, 0) is 43.5 Å². The predicted octanol–water partition coefficient (Wildman–Crippen LogP) is 3.61. The Morgan fingerprint density at radius 3 is 2.44 bits per heavy atom. The molecule has 1 heterocycles. The smallest absolute Gasteiger partial charge is 0.305 e. The second-order valence-corrected chi connectivity index (χ2v) is 10.2. The first-order valence-electron chi connectivity index (χ1n) is 11.7. The number of esters is 1. The molecule has 0 bridgehead atoms. The van der Waals surface area contributed by atoms with Gasteiger partial charge in [0.05, 0.1) is 22.5 Å². The minimum Gasteiger partial charge on any atom is -0.466 e. The molecular weight excluding hydrogens is 502 g/mol. The Labute approximate surface area is 218 Å². The molecule has 36 heavy (non-hydrogen) atoms. The molecule has 0 radical (unpaired) electrons. The summed E-state index contributed by atoms with van der Waals surface area (Å²) in [5, 5.41) is 7.52. The number of sulfonamides is 1. The summed E-state index contributed by atoms with van der Waals surface area (Å²) >= 11 is 0. The van der Waals surface area contributed by atoms with E-state index >= 15 is 0 Å². The van der Waals surface area contributed by atoms with Gasteiger partial charge in [0.15, 0.2) is 0 Å². The SMILES string of the molecule is CCOC(=O)CCCCN(CC)S(=O)(=O)c1ccc2c(c1)nc(Cc1ccc(C(=N)N)cc1)n2C.Cl. The number of nitrogens with zero attached hydrogens (tertiary/aromatic N) is 3. The van der Waals surface area contributed by atoms with Gasteiger partial charge in [-0.1, -0.05) is 31.2 Å². The number of aromatic nitrogens is 2. The number of fused-ring (bicyclic) bond motifs is 1. The lowest BCUT2D eigenvalue weighted by atomic mass is 10.1. The molecule has 0 aliphatic carbocycles. The van der Waals surface area contributed by atoms with Crippen LogP contribution in [0.25, 0.3) is 11.0 Å². The standard InChI is InChI=1S/C25H33N5O4S.ClH/c1-4-30(15-7-6-8-24(31)34-5-2)35(32,33)20-13-14-22-21(17-20)28-23(29(22)3)16-18-9-11-19(12-10-18)25(26)27;/h9-14,17H,4-8,15-16H2,1-3H3,(H3,26,27);1H. The van der Waals surface area contributed by atoms with Crippen molar-refractivity contribution in [3.8, 4) is 0 Å². The number of benzene rings is 2. The third-order valence-electron chi connectivity index (χ3n) is 5.91. The average molecular weight is 536 g/mol. The molecule has 196 valence electrons. The van der Waals surface area contributed by atoms with E-state index in [0.29, 0.717) is 50.0 Å². The van der Waals surface area contributed by atoms with E-state index in [9.17, 15) is 13.2 Å². The van der Waals surface area contributed by atoms with Gasteiger partial charge in [0.25, 0.3) is 0 Å². The molecule has 0 saturated carbocycles. The predicted molar refractivity (Wildman–Crippen MR) is 143 cm³/mol. The molecule has 0 spiro atoms. The van der Waals surface area contributed by atoms with Crippen LogP contribution < -0.4 is 5.73 Å². The molecule has 0 amide bonds. The van der Waals surface area contributed by atoms with E-state index < -0.39 is 10.0 Å². The first kappa shape index (κ1) is 29.3. The number of nitrogen functional groups attached to an aromatic ring is 1. The van der Waals surface area contributed by atoms with Crippen molar-refractivity contribution in [1.29, 1.82) is 5.41 Å². The first-order chi connectivity index (χ1) is 16.7. The number of rotatable bonds is 12. The molecule has 0 aliphatic rings. The van der Waals surface area contributed by atoms with Crippen LogP contribution in [0.3, 0.4) is 0 Å². The van der Waals surface area contributed by atoms with E-state index in [1.54, 1.807) is 44.2 Å². The van der Waals surface area contributed by atoms with Crippen molar-refractivity contribution in [2.75, 3.05) is 19.7 Å². The number of hydrogen-bond acceptors (Lipinski definition) is 6. The van der Waals surface area contributed by atoms with Crippen molar-refractivity contribution < 1.29 is 17.9 Å². The van der Waals surface area contributed by atoms with Gasteiger partial charge in [0.1, 0.15) is 11.7 Å². The number of nitrogens with two attached hydrogens (primary N) is 1. The molecule has 3 N–H and O–H groups in total. The van der Waals surface area contributed by atoms with Crippen molar-refractivity contribution in [1.82, 2.24) is 13.9 Å². The number of hydrogen-bond donors (Lipinski definition) is 2. The van der Waals surface area contributed by atoms with E-state index in [-0.39, 0.29) is 35.5 Å². The second-order valence-electron chi connectivity index (χ2n) is 8.28. The fraction of sp³-hybridized carbons (Fsp3) is 0.400. The highest BCUT2D eigenvalue weighted by atomic mass is 35.5. The van der Waals surface area contributed by atoms with Crippen LogP contribution in [0.5, 0.6) is 0 Å². The monoisotopic (exact) mass is 535 g/mol. The van der Waals surface area contributed by atoms with E-state index in [2.05, 4.69) is 0 Å². The van der Waals surface area contributed by atoms with Gasteiger partial charge in [-0.2, -0.15) is 4.31 Å². The highest BCUT2D eigenvalue weighted by molar-refractivity contribution is 7.89. The lowest BCUT2D eigenvalue weighted by Gasteiger charge is -2.20. The number of unbranched alkanes of at least 4 members (excludes halogenated alkanes) is 1. The molecule has 3 aromatic rings. The van der Waals surface area contributed by atoms with Gasteiger partial charge in [0.2, 0.25) is 10.0 Å². The minimum absolute atomic E-state index is 0. The molecule has 9 nitrogen and oxygen atoms in total. The molecular formula is C25H34ClN5O4S. The summed E-state index contributed by atoms with van der Waals surface area (Å²) < 4.78 is 34.9. The van der Waals surface area contributed by atoms with Crippen LogP contribution in [0.2, 0.25) is 0 Å². The van der Waals surface area contributed by atoms with E-state index in [4.69, 9.17) is 20.9 Å². The van der Waals surface area contributed by atoms with E-state index in [0.717, 1.165) is 16.9 Å². The summed E-state index contributed by atoms with van der Waals surface area (Å²) in [4.78, 5) is 16.4. The average Bonchev–Trinajstić information content (AvgIpc) is 3.14. The fourth-order valence-corrected chi connectivity index (χ4v) is 5.43. The maximum absolute atomic E-state index is 13.3. The van der Waals surface area contributed by atoms with Crippen LogP contribution in [0.4, 0.5) is 0 Å². The highest BCUT2D eigenvalue weighted by Gasteiger charge is 2.24. The Hall–Kier alpha value is -2.95. The number of nitrogens with one attached hydrogen (secondary N) is 1. The number of imidazole rings is 1. The summed E-state index contributed by atoms with van der Waals surface area (Å²) in [6.07, 6.45) is 1.99. The van der Waals surface area contributed by atoms with Crippen molar-refractivity contribution in [2.45, 2.75) is 44.4 Å². The van der Waals surface area contributed by atoms with Gasteiger partial charge >= 0.3 is 5.97 Å². The van der Waals surface area contributed by atoms with Crippen LogP contribution >= 0.6 is 12.4 Å². The van der Waals surface area contributed by atoms with Gasteiger partial charge < -0.3 is 15.0 Å². The molecule has 1 aromatic heterocycles. The summed E-state index contributed by atoms with van der Waals surface area (Å²) in [5.74, 6) is 0.564. The molecule has 3 rings (SSSR count). The van der Waals surface area contributed by atoms with Crippen molar-refractivity contribution in [3.05, 3.63) is 59.4 Å². The van der Waals surface area contributed by atoms with Gasteiger partial charge in [-0.25, -0.2) is 13.4 Å². The van der Waals surface area contributed by atoms with Crippen LogP contribution in [0.1, 0.15) is 50.1 Å². The number of ether oxygens (including phenoxy) is 1. The van der Waals surface area contributed by atoms with Crippen molar-refractivity contribution in [2.24, 2.45) is 12.8 Å². The Morgan fingerprint density at radius 1 is 1.14 bits per heavy atom. The van der Waals surface area contributed by atoms with Gasteiger partial charge in [-0.3, -0.25) is 10.2 Å². The summed E-state index contributed by atoms with van der Waals surface area (Å²) in [7, 11) is -1.79. The zero-order chi connectivity index (χ0) is 25.6. The quantitative estimate of drug-likeness (QED) is 0.158. The van der Waals surface area contributed by atoms with Crippen molar-refractivity contribution in [3.63, 3.8) is 0 Å². The normalized spacial score (nSPS) is 11.4. The first-order valence-corrected chi connectivity index (χ1v) is 13.2. The van der Waals surface area contributed by atoms with Gasteiger partial charge in [0, 0.05) is 38.5 Å². The zero-order valence-electron chi connectivity index (χ0n) is 20.9. The number of halogens is 1. The Bertz CT molecular complexity index is 1310. The summed E-state index contributed by atoms with van der Waals surface area (Å²) in [6.45, 7) is 4.58. The number of carbonyl (C=O) groups excluding carboxylic acids is 1. The van der Waals surface area contributed by atoms with Gasteiger partial charge in [-0.15, -0.1) is 12.4 Å². The number of carbonyl (C=O) groups is 1. The summed E-state index contributed by atoms with van der Waals surface area (Å²) in [6, 6.07) is 12.4. The Balaban J connectivity index is 0.00000456. The largest absolute Gasteiger partial charge is 0.466 e. The lowest BCUT2D eigenvalue weighted by Crippen LogP contribution is -2.32. The topological polar surface area (TPSA) is 131 Å². The molecule has 2 aromatic carbocycles. The molecule has 0 saturated heterocycles. The molecule has 11 heteroatoms. The number of amidine groups is 1. The third-order valence-corrected chi connectivity index (χ3v) is 7.88. The molecule has 0 aliphatic heterocycles. The fourth-order valence-electron chi connectivity index (χ4n) is 3.92. The zero-order valence-corrected chi connectivity index (χ0v) is 22.5.